The van der Waals surface area contributed by atoms with Gasteiger partial charge in [-0.3, -0.25) is 4.31 Å². The third kappa shape index (κ3) is 3.22. The van der Waals surface area contributed by atoms with Crippen LogP contribution in [0.5, 0.6) is 0 Å². The van der Waals surface area contributed by atoms with Gasteiger partial charge in [-0.05, 0) is 37.4 Å². The van der Waals surface area contributed by atoms with Gasteiger partial charge in [0.1, 0.15) is 5.82 Å². The highest BCUT2D eigenvalue weighted by Gasteiger charge is 2.22. The predicted molar refractivity (Wildman–Crippen MR) is 81.2 cm³/mol. The van der Waals surface area contributed by atoms with Crippen LogP contribution in [-0.2, 0) is 16.6 Å². The summed E-state index contributed by atoms with van der Waals surface area (Å²) >= 11 is 0. The number of hydrogen-bond donors (Lipinski definition) is 1. The second-order valence-corrected chi connectivity index (χ2v) is 6.56. The molecule has 112 valence electrons. The van der Waals surface area contributed by atoms with E-state index in [1.807, 2.05) is 6.07 Å². The van der Waals surface area contributed by atoms with Crippen molar-refractivity contribution in [1.82, 2.24) is 5.32 Å². The quantitative estimate of drug-likeness (QED) is 0.922. The van der Waals surface area contributed by atoms with Gasteiger partial charge in [-0.25, -0.2) is 12.8 Å². The first kappa shape index (κ1) is 15.5. The van der Waals surface area contributed by atoms with E-state index in [0.29, 0.717) is 11.3 Å². The molecule has 1 N–H and O–H groups in total. The number of para-hydroxylation sites is 1. The summed E-state index contributed by atoms with van der Waals surface area (Å²) < 4.78 is 40.0. The van der Waals surface area contributed by atoms with Gasteiger partial charge in [-0.15, -0.1) is 0 Å². The number of anilines is 1. The first-order valence-corrected chi connectivity index (χ1v) is 7.88. The maximum absolute atomic E-state index is 13.6. The molecule has 0 aliphatic carbocycles. The van der Waals surface area contributed by atoms with Gasteiger partial charge < -0.3 is 5.32 Å². The molecule has 0 radical (unpaired) electrons. The highest BCUT2D eigenvalue weighted by Crippen LogP contribution is 2.23. The molecule has 0 bridgehead atoms. The second-order valence-electron chi connectivity index (χ2n) is 4.59. The Morgan fingerprint density at radius 2 is 1.81 bits per heavy atom. The summed E-state index contributed by atoms with van der Waals surface area (Å²) in [6.45, 7) is 0.268. The van der Waals surface area contributed by atoms with Gasteiger partial charge >= 0.3 is 0 Å². The Balaban J connectivity index is 2.42. The lowest BCUT2D eigenvalue weighted by Crippen LogP contribution is -2.26. The van der Waals surface area contributed by atoms with Gasteiger partial charge in [0.25, 0.3) is 10.0 Å². The lowest BCUT2D eigenvalue weighted by atomic mass is 10.2. The topological polar surface area (TPSA) is 49.4 Å². The van der Waals surface area contributed by atoms with Gasteiger partial charge in [-0.2, -0.15) is 0 Å². The van der Waals surface area contributed by atoms with E-state index in [4.69, 9.17) is 0 Å². The molecule has 6 heteroatoms. The number of nitrogens with one attached hydrogen (secondary N) is 1. The second kappa shape index (κ2) is 6.24. The third-order valence-corrected chi connectivity index (χ3v) is 4.94. The molecule has 2 aromatic carbocycles. The molecular formula is C15H17FN2O2S. The maximum Gasteiger partial charge on any atom is 0.264 e. The monoisotopic (exact) mass is 308 g/mol. The van der Waals surface area contributed by atoms with E-state index in [9.17, 15) is 12.8 Å². The van der Waals surface area contributed by atoms with E-state index in [0.717, 1.165) is 0 Å². The molecule has 21 heavy (non-hydrogen) atoms. The molecule has 0 spiro atoms. The lowest BCUT2D eigenvalue weighted by Gasteiger charge is -2.20. The number of rotatable bonds is 5. The summed E-state index contributed by atoms with van der Waals surface area (Å²) in [5.74, 6) is -0.425. The minimum atomic E-state index is -3.71. The number of hydrogen-bond acceptors (Lipinski definition) is 3. The Hall–Kier alpha value is -1.92. The molecule has 2 rings (SSSR count). The molecule has 0 aliphatic rings. The average molecular weight is 308 g/mol. The van der Waals surface area contributed by atoms with Crippen molar-refractivity contribution in [3.05, 3.63) is 59.9 Å². The van der Waals surface area contributed by atoms with Gasteiger partial charge in [0, 0.05) is 19.2 Å². The minimum absolute atomic E-state index is 0.0699. The van der Waals surface area contributed by atoms with Crippen molar-refractivity contribution >= 4 is 15.7 Å². The Labute approximate surface area is 124 Å². The molecule has 0 saturated heterocycles. The minimum Gasteiger partial charge on any atom is -0.316 e. The molecule has 0 fully saturated rings. The van der Waals surface area contributed by atoms with Crippen LogP contribution in [0.1, 0.15) is 5.56 Å². The van der Waals surface area contributed by atoms with Crippen molar-refractivity contribution in [2.75, 3.05) is 18.4 Å². The van der Waals surface area contributed by atoms with Crippen molar-refractivity contribution in [1.29, 1.82) is 0 Å². The molecule has 4 nitrogen and oxygen atoms in total. The van der Waals surface area contributed by atoms with Crippen LogP contribution >= 0.6 is 0 Å². The SMILES string of the molecule is CNCc1cc(S(=O)(=O)N(C)c2ccccc2)ccc1F. The van der Waals surface area contributed by atoms with E-state index in [1.165, 1.54) is 29.6 Å². The van der Waals surface area contributed by atoms with E-state index in [2.05, 4.69) is 5.32 Å². The molecule has 2 aromatic rings. The molecule has 0 unspecified atom stereocenters. The standard InChI is InChI=1S/C15H17FN2O2S/c1-17-11-12-10-14(8-9-15(12)16)21(19,20)18(2)13-6-4-3-5-7-13/h3-10,17H,11H2,1-2H3. The average Bonchev–Trinajstić information content (AvgIpc) is 2.49. The Bertz CT molecular complexity index is 718. The van der Waals surface area contributed by atoms with Gasteiger partial charge in [0.2, 0.25) is 0 Å². The Morgan fingerprint density at radius 1 is 1.14 bits per heavy atom. The molecule has 0 aromatic heterocycles. The fraction of sp³-hybridized carbons (Fsp3) is 0.200. The van der Waals surface area contributed by atoms with Gasteiger partial charge in [-0.1, -0.05) is 18.2 Å². The Morgan fingerprint density at radius 3 is 2.43 bits per heavy atom. The van der Waals surface area contributed by atoms with Crippen LogP contribution in [0.3, 0.4) is 0 Å². The summed E-state index contributed by atoms with van der Waals surface area (Å²) in [6.07, 6.45) is 0. The zero-order valence-electron chi connectivity index (χ0n) is 11.9. The first-order valence-electron chi connectivity index (χ1n) is 6.44. The highest BCUT2D eigenvalue weighted by molar-refractivity contribution is 7.92. The number of nitrogens with zero attached hydrogens (tertiary/aromatic N) is 1. The molecule has 0 saturated carbocycles. The van der Waals surface area contributed by atoms with Gasteiger partial charge in [0.05, 0.1) is 10.6 Å². The zero-order chi connectivity index (χ0) is 15.5. The summed E-state index contributed by atoms with van der Waals surface area (Å²) in [5.41, 5.74) is 0.872. The van der Waals surface area contributed by atoms with Crippen LogP contribution in [0.15, 0.2) is 53.4 Å². The maximum atomic E-state index is 13.6. The third-order valence-electron chi connectivity index (χ3n) is 3.16. The van der Waals surface area contributed by atoms with Crippen molar-refractivity contribution in [2.45, 2.75) is 11.4 Å². The van der Waals surface area contributed by atoms with E-state index in [1.54, 1.807) is 31.3 Å². The van der Waals surface area contributed by atoms with Crippen molar-refractivity contribution in [3.63, 3.8) is 0 Å². The van der Waals surface area contributed by atoms with Crippen LogP contribution < -0.4 is 9.62 Å². The summed E-state index contributed by atoms with van der Waals surface area (Å²) in [7, 11) is -0.555. The smallest absolute Gasteiger partial charge is 0.264 e. The van der Waals surface area contributed by atoms with Crippen LogP contribution in [0.25, 0.3) is 0 Å². The van der Waals surface area contributed by atoms with Crippen molar-refractivity contribution in [3.8, 4) is 0 Å². The van der Waals surface area contributed by atoms with Crippen molar-refractivity contribution in [2.24, 2.45) is 0 Å². The van der Waals surface area contributed by atoms with Crippen LogP contribution in [0.2, 0.25) is 0 Å². The number of benzene rings is 2. The molecule has 0 heterocycles. The lowest BCUT2D eigenvalue weighted by molar-refractivity contribution is 0.588. The van der Waals surface area contributed by atoms with E-state index < -0.39 is 15.8 Å². The number of halogens is 1. The van der Waals surface area contributed by atoms with Crippen LogP contribution in [-0.4, -0.2) is 22.5 Å². The highest BCUT2D eigenvalue weighted by atomic mass is 32.2. The zero-order valence-corrected chi connectivity index (χ0v) is 12.7. The molecule has 0 aliphatic heterocycles. The largest absolute Gasteiger partial charge is 0.316 e. The predicted octanol–water partition coefficient (Wildman–Crippen LogP) is 2.37. The van der Waals surface area contributed by atoms with Crippen LogP contribution in [0.4, 0.5) is 10.1 Å². The van der Waals surface area contributed by atoms with Crippen LogP contribution in [0, 0.1) is 5.82 Å². The van der Waals surface area contributed by atoms with Crippen molar-refractivity contribution < 1.29 is 12.8 Å². The fourth-order valence-corrected chi connectivity index (χ4v) is 3.22. The van der Waals surface area contributed by atoms with E-state index in [-0.39, 0.29) is 11.4 Å². The number of sulfonamides is 1. The van der Waals surface area contributed by atoms with Gasteiger partial charge in [0.15, 0.2) is 0 Å². The normalized spacial score (nSPS) is 11.4. The summed E-state index contributed by atoms with van der Waals surface area (Å²) in [6, 6.07) is 12.6. The summed E-state index contributed by atoms with van der Waals surface area (Å²) in [4.78, 5) is 0.0699. The van der Waals surface area contributed by atoms with E-state index >= 15 is 0 Å². The molecule has 0 amide bonds. The Kier molecular flexibility index (Phi) is 4.59. The summed E-state index contributed by atoms with van der Waals surface area (Å²) in [5, 5.41) is 2.82. The fourth-order valence-electron chi connectivity index (χ4n) is 1.97. The first-order chi connectivity index (χ1) is 9.96. The molecular weight excluding hydrogens is 291 g/mol. The molecule has 0 atom stereocenters.